The van der Waals surface area contributed by atoms with Gasteiger partial charge in [-0.05, 0) is 66.6 Å². The Kier molecular flexibility index (Phi) is 8.44. The van der Waals surface area contributed by atoms with Crippen LogP contribution in [-0.4, -0.2) is 29.2 Å². The molecule has 5 aromatic rings. The Morgan fingerprint density at radius 1 is 0.778 bits per heavy atom. The number of halogens is 1. The van der Waals surface area contributed by atoms with E-state index in [-0.39, 0.29) is 18.8 Å². The molecule has 0 radical (unpaired) electrons. The highest BCUT2D eigenvalue weighted by molar-refractivity contribution is 6.30. The smallest absolute Gasteiger partial charge is 0.331 e. The number of methoxy groups -OCH3 is 2. The summed E-state index contributed by atoms with van der Waals surface area (Å²) in [5.74, 6) is 1.80. The van der Waals surface area contributed by atoms with Gasteiger partial charge in [-0.1, -0.05) is 70.9 Å². The number of aryl methyl sites for hydroxylation is 1. The molecule has 45 heavy (non-hydrogen) atoms. The van der Waals surface area contributed by atoms with E-state index >= 15 is 0 Å². The molecular weight excluding hydrogens is 592 g/mol. The fraction of sp³-hybridized carbons (Fsp3) is 0.171. The van der Waals surface area contributed by atoms with E-state index in [1.54, 1.807) is 49.6 Å². The van der Waals surface area contributed by atoms with Crippen LogP contribution in [0.25, 0.3) is 0 Å². The summed E-state index contributed by atoms with van der Waals surface area (Å²) in [6.07, 6.45) is 0.825. The molecule has 0 N–H and O–H groups in total. The van der Waals surface area contributed by atoms with E-state index in [9.17, 15) is 9.59 Å². The molecule has 0 saturated carbocycles. The van der Waals surface area contributed by atoms with Gasteiger partial charge in [-0.15, -0.1) is 0 Å². The van der Waals surface area contributed by atoms with Crippen LogP contribution in [-0.2, 0) is 17.9 Å². The number of rotatable bonds is 9. The standard InChI is InChI=1S/C35H31ClN4O5/c1-23-4-10-27(11-5-23)34-40(32(37-45-34)26-12-14-28(36)15-13-26)31-22-38(20-24-6-16-29(43-2)17-7-24)35(42)39(33(31)41)21-25-8-18-30(44-3)19-9-25/h4-19,22,34H,20-21H2,1-3H3. The van der Waals surface area contributed by atoms with E-state index in [1.807, 2.05) is 79.7 Å². The molecule has 0 bridgehead atoms. The zero-order valence-corrected chi connectivity index (χ0v) is 25.8. The van der Waals surface area contributed by atoms with Crippen molar-refractivity contribution in [1.29, 1.82) is 0 Å². The van der Waals surface area contributed by atoms with Gasteiger partial charge in [0.1, 0.15) is 17.2 Å². The number of amidine groups is 1. The second-order valence-corrected chi connectivity index (χ2v) is 11.1. The molecule has 1 unspecified atom stereocenters. The van der Waals surface area contributed by atoms with Gasteiger partial charge in [0.05, 0.1) is 27.3 Å². The monoisotopic (exact) mass is 622 g/mol. The van der Waals surface area contributed by atoms with Crippen LogP contribution >= 0.6 is 11.6 Å². The number of ether oxygens (including phenoxy) is 2. The van der Waals surface area contributed by atoms with Crippen LogP contribution in [0.1, 0.15) is 34.0 Å². The largest absolute Gasteiger partial charge is 0.497 e. The third-order valence-electron chi connectivity index (χ3n) is 7.66. The molecule has 228 valence electrons. The van der Waals surface area contributed by atoms with Gasteiger partial charge in [0, 0.05) is 22.3 Å². The maximum absolute atomic E-state index is 14.4. The van der Waals surface area contributed by atoms with Gasteiger partial charge in [-0.25, -0.2) is 4.79 Å². The third kappa shape index (κ3) is 6.21. The van der Waals surface area contributed by atoms with E-state index in [4.69, 9.17) is 25.9 Å². The summed E-state index contributed by atoms with van der Waals surface area (Å²) in [4.78, 5) is 36.1. The van der Waals surface area contributed by atoms with Gasteiger partial charge in [0.25, 0.3) is 5.56 Å². The molecule has 10 heteroatoms. The zero-order valence-electron chi connectivity index (χ0n) is 25.0. The summed E-state index contributed by atoms with van der Waals surface area (Å²) in [5.41, 5.74) is 3.49. The van der Waals surface area contributed by atoms with Crippen molar-refractivity contribution in [2.45, 2.75) is 26.2 Å². The van der Waals surface area contributed by atoms with Crippen LogP contribution < -0.4 is 25.6 Å². The Morgan fingerprint density at radius 2 is 1.36 bits per heavy atom. The second kappa shape index (κ2) is 12.8. The zero-order chi connectivity index (χ0) is 31.5. The molecule has 4 aromatic carbocycles. The number of anilines is 1. The van der Waals surface area contributed by atoms with Crippen molar-refractivity contribution < 1.29 is 14.3 Å². The summed E-state index contributed by atoms with van der Waals surface area (Å²) in [6, 6.07) is 29.7. The van der Waals surface area contributed by atoms with Crippen molar-refractivity contribution in [1.82, 2.24) is 9.13 Å². The minimum atomic E-state index is -0.759. The molecule has 1 atom stereocenters. The van der Waals surface area contributed by atoms with Gasteiger partial charge < -0.3 is 14.3 Å². The van der Waals surface area contributed by atoms with Crippen molar-refractivity contribution in [2.75, 3.05) is 19.1 Å². The Labute approximate surface area is 265 Å². The molecule has 2 heterocycles. The van der Waals surface area contributed by atoms with Gasteiger partial charge in [-0.3, -0.25) is 18.8 Å². The fourth-order valence-corrected chi connectivity index (χ4v) is 5.30. The van der Waals surface area contributed by atoms with Crippen LogP contribution in [0.3, 0.4) is 0 Å². The molecule has 0 aliphatic carbocycles. The average Bonchev–Trinajstić information content (AvgIpc) is 3.50. The third-order valence-corrected chi connectivity index (χ3v) is 7.91. The van der Waals surface area contributed by atoms with E-state index in [0.717, 1.165) is 22.3 Å². The molecule has 6 rings (SSSR count). The predicted molar refractivity (Wildman–Crippen MR) is 175 cm³/mol. The number of aromatic nitrogens is 2. The van der Waals surface area contributed by atoms with Gasteiger partial charge in [0.15, 0.2) is 5.84 Å². The second-order valence-electron chi connectivity index (χ2n) is 10.7. The summed E-state index contributed by atoms with van der Waals surface area (Å²) >= 11 is 6.20. The number of nitrogens with zero attached hydrogens (tertiary/aromatic N) is 4. The molecule has 1 aliphatic rings. The van der Waals surface area contributed by atoms with E-state index in [2.05, 4.69) is 5.16 Å². The van der Waals surface area contributed by atoms with Gasteiger partial charge >= 0.3 is 5.69 Å². The topological polar surface area (TPSA) is 87.3 Å². The summed E-state index contributed by atoms with van der Waals surface area (Å²) in [6.45, 7) is 2.27. The van der Waals surface area contributed by atoms with Crippen LogP contribution in [0, 0.1) is 6.92 Å². The van der Waals surface area contributed by atoms with Gasteiger partial charge in [0.2, 0.25) is 6.23 Å². The molecular formula is C35H31ClN4O5. The molecule has 9 nitrogen and oxygen atoms in total. The van der Waals surface area contributed by atoms with Crippen molar-refractivity contribution in [2.24, 2.45) is 5.16 Å². The molecule has 0 fully saturated rings. The lowest BCUT2D eigenvalue weighted by Gasteiger charge is -2.26. The quantitative estimate of drug-likeness (QED) is 0.201. The first-order chi connectivity index (χ1) is 21.8. The SMILES string of the molecule is COc1ccc(Cn2cc(N3C(c4ccc(Cl)cc4)=NOC3c3ccc(C)cc3)c(=O)n(Cc3ccc(OC)cc3)c2=O)cc1. The van der Waals surface area contributed by atoms with E-state index < -0.39 is 17.5 Å². The Bertz CT molecular complexity index is 1950. The average molecular weight is 623 g/mol. The lowest BCUT2D eigenvalue weighted by Crippen LogP contribution is -2.45. The minimum absolute atomic E-state index is 0.0510. The Balaban J connectivity index is 1.52. The van der Waals surface area contributed by atoms with E-state index in [1.165, 1.54) is 9.13 Å². The molecule has 0 saturated heterocycles. The number of hydrogen-bond donors (Lipinski definition) is 0. The Morgan fingerprint density at radius 3 is 1.93 bits per heavy atom. The number of oxime groups is 1. The number of hydrogen-bond acceptors (Lipinski definition) is 7. The van der Waals surface area contributed by atoms with Gasteiger partial charge in [-0.2, -0.15) is 0 Å². The Hall–Kier alpha value is -5.28. The lowest BCUT2D eigenvalue weighted by atomic mass is 10.1. The maximum Gasteiger partial charge on any atom is 0.331 e. The lowest BCUT2D eigenvalue weighted by molar-refractivity contribution is 0.0865. The van der Waals surface area contributed by atoms with Crippen molar-refractivity contribution >= 4 is 23.1 Å². The first-order valence-corrected chi connectivity index (χ1v) is 14.7. The first kappa shape index (κ1) is 29.8. The molecule has 0 amide bonds. The van der Waals surface area contributed by atoms with E-state index in [0.29, 0.717) is 27.9 Å². The van der Waals surface area contributed by atoms with Crippen molar-refractivity contribution in [3.63, 3.8) is 0 Å². The molecule has 0 spiro atoms. The normalized spacial score (nSPS) is 14.2. The molecule has 1 aromatic heterocycles. The van der Waals surface area contributed by atoms with Crippen LogP contribution in [0.15, 0.2) is 118 Å². The van der Waals surface area contributed by atoms with Crippen LogP contribution in [0.4, 0.5) is 5.69 Å². The summed E-state index contributed by atoms with van der Waals surface area (Å²) < 4.78 is 13.4. The van der Waals surface area contributed by atoms with Crippen molar-refractivity contribution in [3.05, 3.63) is 157 Å². The van der Waals surface area contributed by atoms with Crippen LogP contribution in [0.2, 0.25) is 5.02 Å². The highest BCUT2D eigenvalue weighted by atomic mass is 35.5. The van der Waals surface area contributed by atoms with Crippen LogP contribution in [0.5, 0.6) is 11.5 Å². The maximum atomic E-state index is 14.4. The minimum Gasteiger partial charge on any atom is -0.497 e. The number of benzene rings is 4. The van der Waals surface area contributed by atoms with Crippen molar-refractivity contribution in [3.8, 4) is 11.5 Å². The highest BCUT2D eigenvalue weighted by Gasteiger charge is 2.36. The fourth-order valence-electron chi connectivity index (χ4n) is 5.17. The summed E-state index contributed by atoms with van der Waals surface area (Å²) in [7, 11) is 3.19. The predicted octanol–water partition coefficient (Wildman–Crippen LogP) is 5.98. The first-order valence-electron chi connectivity index (χ1n) is 14.3. The summed E-state index contributed by atoms with van der Waals surface area (Å²) in [5, 5.41) is 5.00. The molecule has 1 aliphatic heterocycles. The highest BCUT2D eigenvalue weighted by Crippen LogP contribution is 2.34.